The molecule has 0 aliphatic carbocycles. The Hall–Kier alpha value is -2.15. The first kappa shape index (κ1) is 47.8. The zero-order chi connectivity index (χ0) is 37.5. The largest absolute Gasteiger partial charge is 0.469 e. The molecule has 7 heteroatoms. The van der Waals surface area contributed by atoms with Crippen molar-refractivity contribution in [3.63, 3.8) is 0 Å². The molecule has 0 aromatic heterocycles. The summed E-state index contributed by atoms with van der Waals surface area (Å²) in [7, 11) is 7.11. The highest BCUT2D eigenvalue weighted by Crippen LogP contribution is 2.37. The molecular formula is C43H79NO6. The number of ether oxygens (including phenoxy) is 3. The Labute approximate surface area is 308 Å². The molecular weight excluding hydrogens is 626 g/mol. The molecule has 0 aliphatic rings. The number of hydrogen-bond acceptors (Lipinski definition) is 7. The Kier molecular flexibility index (Phi) is 29.2. The normalized spacial score (nSPS) is 12.4. The molecule has 0 atom stereocenters. The summed E-state index contributed by atoms with van der Waals surface area (Å²) in [5, 5.41) is 0. The quantitative estimate of drug-likeness (QED) is 0.0291. The van der Waals surface area contributed by atoms with Crippen LogP contribution in [0.4, 0.5) is 0 Å². The third kappa shape index (κ3) is 31.8. The summed E-state index contributed by atoms with van der Waals surface area (Å²) in [6.45, 7) is 10.0. The van der Waals surface area contributed by atoms with Gasteiger partial charge in [-0.2, -0.15) is 0 Å². The minimum atomic E-state index is -0.129. The molecule has 0 N–H and O–H groups in total. The highest BCUT2D eigenvalue weighted by molar-refractivity contribution is 5.70. The minimum Gasteiger partial charge on any atom is -0.469 e. The van der Waals surface area contributed by atoms with Crippen molar-refractivity contribution in [2.75, 3.05) is 34.9 Å². The van der Waals surface area contributed by atoms with Crippen LogP contribution in [0.3, 0.4) is 0 Å². The topological polar surface area (TPSA) is 82.1 Å². The van der Waals surface area contributed by atoms with Crippen molar-refractivity contribution in [3.8, 4) is 0 Å². The summed E-state index contributed by atoms with van der Waals surface area (Å²) in [5.41, 5.74) is 0.0361. The van der Waals surface area contributed by atoms with Gasteiger partial charge in [-0.05, 0) is 108 Å². The summed E-state index contributed by atoms with van der Waals surface area (Å²) in [4.78, 5) is 37.8. The maximum Gasteiger partial charge on any atom is 0.306 e. The van der Waals surface area contributed by atoms with Crippen LogP contribution in [0.25, 0.3) is 0 Å². The Morgan fingerprint density at radius 1 is 0.540 bits per heavy atom. The van der Waals surface area contributed by atoms with Gasteiger partial charge in [0.05, 0.1) is 20.6 Å². The molecule has 0 amide bonds. The fraction of sp³-hybridized carbons (Fsp3) is 0.837. The predicted octanol–water partition coefficient (Wildman–Crippen LogP) is 11.3. The second kappa shape index (κ2) is 30.5. The lowest BCUT2D eigenvalue weighted by atomic mass is 9.73. The Balaban J connectivity index is 4.50. The van der Waals surface area contributed by atoms with Gasteiger partial charge in [0.15, 0.2) is 0 Å². The van der Waals surface area contributed by atoms with Gasteiger partial charge in [0, 0.05) is 19.4 Å². The Morgan fingerprint density at radius 2 is 0.920 bits per heavy atom. The molecule has 0 aromatic rings. The number of unbranched alkanes of at least 4 members (excludes halogenated alkanes) is 14. The van der Waals surface area contributed by atoms with Crippen LogP contribution in [0.15, 0.2) is 24.3 Å². The molecule has 0 rings (SSSR count). The number of carbonyl (C=O) groups excluding carboxylic acids is 3. The molecule has 0 heterocycles. The average Bonchev–Trinajstić information content (AvgIpc) is 3.03. The van der Waals surface area contributed by atoms with Crippen molar-refractivity contribution < 1.29 is 28.6 Å². The van der Waals surface area contributed by atoms with Crippen LogP contribution < -0.4 is 0 Å². The molecule has 0 aromatic carbocycles. The second-order valence-corrected chi connectivity index (χ2v) is 16.3. The molecule has 0 radical (unpaired) electrons. The number of nitrogens with zero attached hydrogens (tertiary/aromatic N) is 1. The van der Waals surface area contributed by atoms with E-state index in [0.717, 1.165) is 77.2 Å². The van der Waals surface area contributed by atoms with Crippen molar-refractivity contribution in [2.24, 2.45) is 10.8 Å². The fourth-order valence-electron chi connectivity index (χ4n) is 7.24. The van der Waals surface area contributed by atoms with Crippen molar-refractivity contribution in [3.05, 3.63) is 24.3 Å². The first-order valence-electron chi connectivity index (χ1n) is 20.1. The lowest BCUT2D eigenvalue weighted by molar-refractivity contribution is -0.152. The lowest BCUT2D eigenvalue weighted by Crippen LogP contribution is -2.34. The molecule has 7 nitrogen and oxygen atoms in total. The summed E-state index contributed by atoms with van der Waals surface area (Å²) >= 11 is 0. The Morgan fingerprint density at radius 3 is 1.32 bits per heavy atom. The number of carbonyl (C=O) groups is 3. The van der Waals surface area contributed by atoms with Gasteiger partial charge in [-0.1, -0.05) is 103 Å². The van der Waals surface area contributed by atoms with Gasteiger partial charge in [0.25, 0.3) is 0 Å². The van der Waals surface area contributed by atoms with E-state index in [-0.39, 0.29) is 34.8 Å². The standard InChI is InChI=1S/C43H79NO6/c1-42(2,36-43(3,4)37-44(5)6)35-41(47)50-38(31-27-23-19-15-11-9-13-17-21-25-29-33-39(45)48-7)32-28-24-20-16-12-10-14-18-22-26-30-34-40(46)49-8/h17-18,21-22,38H,9-16,19-20,23-37H2,1-8H3/b21-17-,22-18-. The number of methoxy groups -OCH3 is 2. The van der Waals surface area contributed by atoms with E-state index in [2.05, 4.69) is 80.5 Å². The molecule has 0 spiro atoms. The van der Waals surface area contributed by atoms with Gasteiger partial charge < -0.3 is 19.1 Å². The molecule has 0 aliphatic heterocycles. The van der Waals surface area contributed by atoms with E-state index >= 15 is 0 Å². The monoisotopic (exact) mass is 706 g/mol. The average molecular weight is 706 g/mol. The maximum absolute atomic E-state index is 13.2. The van der Waals surface area contributed by atoms with Crippen molar-refractivity contribution in [1.29, 1.82) is 0 Å². The predicted molar refractivity (Wildman–Crippen MR) is 209 cm³/mol. The van der Waals surface area contributed by atoms with Gasteiger partial charge in [-0.25, -0.2) is 0 Å². The highest BCUT2D eigenvalue weighted by atomic mass is 16.5. The smallest absolute Gasteiger partial charge is 0.306 e. The number of hydrogen-bond donors (Lipinski definition) is 0. The van der Waals surface area contributed by atoms with Crippen LogP contribution in [-0.4, -0.2) is 63.8 Å². The first-order valence-corrected chi connectivity index (χ1v) is 20.1. The summed E-state index contributed by atoms with van der Waals surface area (Å²) < 4.78 is 15.6. The van der Waals surface area contributed by atoms with Crippen molar-refractivity contribution in [1.82, 2.24) is 4.90 Å². The van der Waals surface area contributed by atoms with Crippen LogP contribution in [0.5, 0.6) is 0 Å². The molecule has 50 heavy (non-hydrogen) atoms. The molecule has 0 fully saturated rings. The van der Waals surface area contributed by atoms with Crippen LogP contribution in [0.2, 0.25) is 0 Å². The van der Waals surface area contributed by atoms with Crippen LogP contribution in [0.1, 0.15) is 182 Å². The van der Waals surface area contributed by atoms with E-state index in [1.165, 1.54) is 78.4 Å². The third-order valence-electron chi connectivity index (χ3n) is 9.21. The van der Waals surface area contributed by atoms with E-state index in [0.29, 0.717) is 19.3 Å². The number of allylic oxidation sites excluding steroid dienone is 4. The zero-order valence-corrected chi connectivity index (χ0v) is 34.0. The van der Waals surface area contributed by atoms with Gasteiger partial charge in [-0.3, -0.25) is 14.4 Å². The molecule has 0 saturated carbocycles. The van der Waals surface area contributed by atoms with Crippen LogP contribution >= 0.6 is 0 Å². The fourth-order valence-corrected chi connectivity index (χ4v) is 7.24. The van der Waals surface area contributed by atoms with Crippen molar-refractivity contribution >= 4 is 17.9 Å². The summed E-state index contributed by atoms with van der Waals surface area (Å²) in [6, 6.07) is 0. The Bertz CT molecular complexity index is 874. The zero-order valence-electron chi connectivity index (χ0n) is 34.0. The van der Waals surface area contributed by atoms with Gasteiger partial charge in [0.2, 0.25) is 0 Å². The van der Waals surface area contributed by atoms with E-state index in [9.17, 15) is 14.4 Å². The third-order valence-corrected chi connectivity index (χ3v) is 9.21. The molecule has 292 valence electrons. The van der Waals surface area contributed by atoms with Crippen molar-refractivity contribution in [2.45, 2.75) is 188 Å². The van der Waals surface area contributed by atoms with E-state index in [4.69, 9.17) is 4.74 Å². The summed E-state index contributed by atoms with van der Waals surface area (Å²) in [5.74, 6) is -0.287. The minimum absolute atomic E-state index is 0.0294. The van der Waals surface area contributed by atoms with Crippen LogP contribution in [-0.2, 0) is 28.6 Å². The summed E-state index contributed by atoms with van der Waals surface area (Å²) in [6.07, 6.45) is 33.6. The maximum atomic E-state index is 13.2. The second-order valence-electron chi connectivity index (χ2n) is 16.3. The highest BCUT2D eigenvalue weighted by Gasteiger charge is 2.32. The van der Waals surface area contributed by atoms with Gasteiger partial charge in [0.1, 0.15) is 6.10 Å². The van der Waals surface area contributed by atoms with E-state index < -0.39 is 0 Å². The lowest BCUT2D eigenvalue weighted by Gasteiger charge is -2.36. The van der Waals surface area contributed by atoms with Gasteiger partial charge in [-0.15, -0.1) is 0 Å². The van der Waals surface area contributed by atoms with E-state index in [1.54, 1.807) is 0 Å². The van der Waals surface area contributed by atoms with Crippen LogP contribution in [0, 0.1) is 10.8 Å². The molecule has 0 saturated heterocycles. The SMILES string of the molecule is COC(=O)CCC/C=C\CCCCCCCCC(CCCCCCCC/C=C\CCCC(=O)OC)OC(=O)CC(C)(C)CC(C)(C)CN(C)C. The van der Waals surface area contributed by atoms with Gasteiger partial charge >= 0.3 is 17.9 Å². The number of esters is 3. The number of rotatable bonds is 33. The first-order chi connectivity index (χ1) is 23.8. The molecule has 0 unspecified atom stereocenters. The van der Waals surface area contributed by atoms with E-state index in [1.807, 2.05) is 0 Å². The molecule has 0 bridgehead atoms.